The minimum absolute atomic E-state index is 0.00183. The molecule has 4 aromatic carbocycles. The van der Waals surface area contributed by atoms with Crippen LogP contribution in [0.25, 0.3) is 21.9 Å². The Morgan fingerprint density at radius 1 is 0.869 bits per heavy atom. The van der Waals surface area contributed by atoms with Crippen LogP contribution in [0.5, 0.6) is 5.75 Å². The molecule has 1 aromatic heterocycles. The normalized spacial score (nSPS) is 17.5. The second kappa shape index (κ2) is 16.5. The average Bonchev–Trinajstić information content (AvgIpc) is 3.51. The summed E-state index contributed by atoms with van der Waals surface area (Å²) in [5.41, 5.74) is 1.73. The van der Waals surface area contributed by atoms with Gasteiger partial charge in [0, 0.05) is 31.1 Å². The van der Waals surface area contributed by atoms with Crippen LogP contribution in [0.15, 0.2) is 97.1 Å². The van der Waals surface area contributed by atoms with Gasteiger partial charge in [0.15, 0.2) is 6.61 Å². The number of hydrogen-bond acceptors (Lipinski definition) is 9. The van der Waals surface area contributed by atoms with E-state index in [4.69, 9.17) is 9.72 Å². The smallest absolute Gasteiger partial charge is 0.416 e. The number of pyridine rings is 1. The molecular weight excluding hydrogens is 794 g/mol. The molecule has 0 bridgehead atoms. The number of aromatic nitrogens is 1. The van der Waals surface area contributed by atoms with Crippen LogP contribution in [0.3, 0.4) is 0 Å². The Bertz CT molecular complexity index is 2590. The van der Waals surface area contributed by atoms with Gasteiger partial charge in [-0.1, -0.05) is 48.5 Å². The molecule has 2 saturated heterocycles. The summed E-state index contributed by atoms with van der Waals surface area (Å²) in [6, 6.07) is 24.1. The summed E-state index contributed by atoms with van der Waals surface area (Å²) in [7, 11) is 0. The highest BCUT2D eigenvalue weighted by Crippen LogP contribution is 2.35. The van der Waals surface area contributed by atoms with E-state index in [-0.39, 0.29) is 54.2 Å². The molecule has 0 spiro atoms. The summed E-state index contributed by atoms with van der Waals surface area (Å²) in [5.74, 6) is -2.53. The number of carbonyl (C=O) groups excluding carboxylic acids is 6. The largest absolute Gasteiger partial charge is 0.483 e. The fourth-order valence-corrected chi connectivity index (χ4v) is 7.96. The number of ether oxygens (including phenoxy) is 1. The van der Waals surface area contributed by atoms with Crippen molar-refractivity contribution >= 4 is 52.0 Å². The molecule has 2 atom stereocenters. The monoisotopic (exact) mass is 832 g/mol. The Kier molecular flexibility index (Phi) is 11.0. The SMILES string of the molecule is C[C@H](NC(=O)c1ccc2c(-c3ccc(C(F)(F)F)cc3)cccc2c1)c1cccc(NC2CCN(C(=O)COc3cccc4c3C(=O)N(C3CCC(=O)NC3=O)C4=O)CC2)n1. The molecule has 1 unspecified atom stereocenters. The van der Waals surface area contributed by atoms with Gasteiger partial charge >= 0.3 is 6.18 Å². The lowest BCUT2D eigenvalue weighted by molar-refractivity contribution is -0.138. The lowest BCUT2D eigenvalue weighted by atomic mass is 9.96. The molecule has 312 valence electrons. The number of fused-ring (bicyclic) bond motifs is 2. The van der Waals surface area contributed by atoms with Crippen LogP contribution >= 0.6 is 0 Å². The third kappa shape index (κ3) is 8.38. The summed E-state index contributed by atoms with van der Waals surface area (Å²) >= 11 is 0. The molecule has 16 heteroatoms. The number of piperidine rings is 2. The van der Waals surface area contributed by atoms with E-state index in [0.717, 1.165) is 33.4 Å². The van der Waals surface area contributed by atoms with E-state index in [1.54, 1.807) is 29.2 Å². The van der Waals surface area contributed by atoms with Gasteiger partial charge in [-0.3, -0.25) is 39.0 Å². The summed E-state index contributed by atoms with van der Waals surface area (Å²) in [6.45, 7) is 2.31. The first-order chi connectivity index (χ1) is 29.2. The highest BCUT2D eigenvalue weighted by Gasteiger charge is 2.46. The van der Waals surface area contributed by atoms with E-state index >= 15 is 0 Å². The lowest BCUT2D eigenvalue weighted by Crippen LogP contribution is -2.54. The van der Waals surface area contributed by atoms with Crippen LogP contribution in [0.2, 0.25) is 0 Å². The molecule has 5 aromatic rings. The van der Waals surface area contributed by atoms with Crippen molar-refractivity contribution in [3.8, 4) is 16.9 Å². The van der Waals surface area contributed by atoms with Crippen LogP contribution in [0.4, 0.5) is 19.0 Å². The van der Waals surface area contributed by atoms with Gasteiger partial charge in [-0.05, 0) is 96.6 Å². The molecule has 0 radical (unpaired) electrons. The molecule has 4 heterocycles. The van der Waals surface area contributed by atoms with Crippen LogP contribution in [0, 0.1) is 0 Å². The standard InChI is InChI=1S/C45H39F3N6O7/c1-25(49-41(57)28-13-16-32-27(23-28)5-2-6-31(32)26-11-14-29(15-12-26)45(46,47)48)34-8-4-10-37(51-34)50-30-19-21-53(22-20-30)39(56)24-61-36-9-3-7-33-40(36)44(60)54(43(33)59)35-17-18-38(55)52-42(35)58/h2-16,23,25,30,35H,17-22,24H2,1H3,(H,49,57)(H,50,51)(H,52,55,58)/t25-,35?/m0/s1. The molecule has 3 aliphatic heterocycles. The second-order valence-corrected chi connectivity index (χ2v) is 15.2. The summed E-state index contributed by atoms with van der Waals surface area (Å²) < 4.78 is 45.1. The van der Waals surface area contributed by atoms with Crippen molar-refractivity contribution in [2.45, 2.75) is 56.9 Å². The highest BCUT2D eigenvalue weighted by molar-refractivity contribution is 6.24. The van der Waals surface area contributed by atoms with Gasteiger partial charge < -0.3 is 20.3 Å². The molecule has 13 nitrogen and oxygen atoms in total. The Hall–Kier alpha value is -7.10. The number of amides is 6. The summed E-state index contributed by atoms with van der Waals surface area (Å²) in [5, 5.41) is 10.2. The van der Waals surface area contributed by atoms with Crippen molar-refractivity contribution in [3.63, 3.8) is 0 Å². The van der Waals surface area contributed by atoms with Gasteiger partial charge in [-0.25, -0.2) is 4.98 Å². The van der Waals surface area contributed by atoms with Gasteiger partial charge in [0.25, 0.3) is 23.6 Å². The Labute approximate surface area is 347 Å². The Balaban J connectivity index is 0.835. The number of imide groups is 2. The number of likely N-dealkylation sites (tertiary alicyclic amines) is 1. The highest BCUT2D eigenvalue weighted by atomic mass is 19.4. The van der Waals surface area contributed by atoms with E-state index in [2.05, 4.69) is 16.0 Å². The van der Waals surface area contributed by atoms with E-state index in [0.29, 0.717) is 48.6 Å². The maximum Gasteiger partial charge on any atom is 0.416 e. The number of carbonyl (C=O) groups is 6. The van der Waals surface area contributed by atoms with Gasteiger partial charge in [-0.2, -0.15) is 13.2 Å². The van der Waals surface area contributed by atoms with Crippen LogP contribution < -0.4 is 20.7 Å². The summed E-state index contributed by atoms with van der Waals surface area (Å²) in [4.78, 5) is 84.4. The first-order valence-electron chi connectivity index (χ1n) is 19.7. The Morgan fingerprint density at radius 3 is 2.33 bits per heavy atom. The van der Waals surface area contributed by atoms with Crippen molar-refractivity contribution in [2.24, 2.45) is 0 Å². The van der Waals surface area contributed by atoms with E-state index in [1.807, 2.05) is 37.3 Å². The van der Waals surface area contributed by atoms with Crippen molar-refractivity contribution in [2.75, 3.05) is 25.0 Å². The topological polar surface area (TPSA) is 167 Å². The fraction of sp³-hybridized carbons (Fsp3) is 0.267. The molecule has 8 rings (SSSR count). The van der Waals surface area contributed by atoms with Crippen molar-refractivity contribution in [1.29, 1.82) is 0 Å². The Morgan fingerprint density at radius 2 is 1.59 bits per heavy atom. The number of nitrogens with one attached hydrogen (secondary N) is 3. The van der Waals surface area contributed by atoms with E-state index in [9.17, 15) is 41.9 Å². The second-order valence-electron chi connectivity index (χ2n) is 15.2. The zero-order valence-corrected chi connectivity index (χ0v) is 32.8. The van der Waals surface area contributed by atoms with E-state index in [1.165, 1.54) is 30.3 Å². The van der Waals surface area contributed by atoms with Gasteiger partial charge in [0.1, 0.15) is 17.6 Å². The van der Waals surface area contributed by atoms with Crippen LogP contribution in [-0.4, -0.2) is 82.0 Å². The van der Waals surface area contributed by atoms with Crippen LogP contribution in [0.1, 0.15) is 81.0 Å². The molecule has 0 saturated carbocycles. The fourth-order valence-electron chi connectivity index (χ4n) is 7.96. The van der Waals surface area contributed by atoms with Gasteiger partial charge in [-0.15, -0.1) is 0 Å². The number of halogens is 3. The zero-order valence-electron chi connectivity index (χ0n) is 32.8. The van der Waals surface area contributed by atoms with Crippen molar-refractivity contribution in [1.82, 2.24) is 25.4 Å². The first-order valence-corrected chi connectivity index (χ1v) is 19.7. The number of anilines is 1. The molecule has 2 fully saturated rings. The maximum atomic E-state index is 13.4. The third-order valence-corrected chi connectivity index (χ3v) is 11.2. The van der Waals surface area contributed by atoms with Gasteiger partial charge in [0.2, 0.25) is 11.8 Å². The molecule has 6 amide bonds. The molecule has 3 N–H and O–H groups in total. The molecular formula is C45H39F3N6O7. The summed E-state index contributed by atoms with van der Waals surface area (Å²) in [6.07, 6.45) is -3.19. The zero-order chi connectivity index (χ0) is 43.0. The van der Waals surface area contributed by atoms with Gasteiger partial charge in [0.05, 0.1) is 28.4 Å². The number of alkyl halides is 3. The molecule has 3 aliphatic rings. The minimum atomic E-state index is -4.43. The number of nitrogens with zero attached hydrogens (tertiary/aromatic N) is 3. The maximum absolute atomic E-state index is 13.4. The van der Waals surface area contributed by atoms with E-state index < -0.39 is 47.5 Å². The van der Waals surface area contributed by atoms with Crippen molar-refractivity contribution < 1.29 is 46.7 Å². The number of rotatable bonds is 10. The average molecular weight is 833 g/mol. The first kappa shape index (κ1) is 40.7. The molecule has 0 aliphatic carbocycles. The molecule has 61 heavy (non-hydrogen) atoms. The quantitative estimate of drug-likeness (QED) is 0.137. The lowest BCUT2D eigenvalue weighted by Gasteiger charge is -2.32. The van der Waals surface area contributed by atoms with Crippen molar-refractivity contribution in [3.05, 3.63) is 125 Å². The predicted octanol–water partition coefficient (Wildman–Crippen LogP) is 6.29. The third-order valence-electron chi connectivity index (χ3n) is 11.2. The number of hydrogen-bond donors (Lipinski definition) is 3. The minimum Gasteiger partial charge on any atom is -0.483 e. The van der Waals surface area contributed by atoms with Crippen LogP contribution in [-0.2, 0) is 20.6 Å². The predicted molar refractivity (Wildman–Crippen MR) is 216 cm³/mol. The number of benzene rings is 4.